The molecule has 1 heterocycles. The molecule has 1 aromatic rings. The van der Waals surface area contributed by atoms with Crippen LogP contribution in [0.25, 0.3) is 0 Å². The van der Waals surface area contributed by atoms with Gasteiger partial charge in [-0.15, -0.1) is 0 Å². The van der Waals surface area contributed by atoms with Crippen LogP contribution in [0.5, 0.6) is 0 Å². The zero-order valence-corrected chi connectivity index (χ0v) is 12.8. The van der Waals surface area contributed by atoms with Gasteiger partial charge in [-0.05, 0) is 34.4 Å². The van der Waals surface area contributed by atoms with E-state index in [4.69, 9.17) is 0 Å². The van der Waals surface area contributed by atoms with Gasteiger partial charge in [0.25, 0.3) is 0 Å². The van der Waals surface area contributed by atoms with E-state index in [0.29, 0.717) is 6.04 Å². The zero-order valence-electron chi connectivity index (χ0n) is 12.8. The number of nitrogens with zero attached hydrogens (tertiary/aromatic N) is 4. The molecule has 1 unspecified atom stereocenters. The Kier molecular flexibility index (Phi) is 6.56. The second-order valence-electron chi connectivity index (χ2n) is 5.09. The molecule has 1 atom stereocenters. The molecule has 1 aromatic heterocycles. The van der Waals surface area contributed by atoms with Gasteiger partial charge in [-0.3, -0.25) is 4.98 Å². The molecule has 0 amide bonds. The lowest BCUT2D eigenvalue weighted by Gasteiger charge is -2.31. The van der Waals surface area contributed by atoms with Crippen LogP contribution in [0.2, 0.25) is 0 Å². The molecule has 0 spiro atoms. The Labute approximate surface area is 117 Å². The summed E-state index contributed by atoms with van der Waals surface area (Å²) in [5.74, 6) is 1.80. The predicted molar refractivity (Wildman–Crippen MR) is 81.8 cm³/mol. The van der Waals surface area contributed by atoms with Gasteiger partial charge in [0.15, 0.2) is 0 Å². The molecule has 1 rings (SSSR count). The third-order valence-electron chi connectivity index (χ3n) is 2.97. The molecular weight excluding hydrogens is 238 g/mol. The van der Waals surface area contributed by atoms with E-state index < -0.39 is 0 Å². The van der Waals surface area contributed by atoms with Crippen molar-refractivity contribution in [3.8, 4) is 0 Å². The fraction of sp³-hybridized carbons (Fsp3) is 0.714. The Morgan fingerprint density at radius 2 is 2.00 bits per heavy atom. The Hall–Kier alpha value is -1.36. The van der Waals surface area contributed by atoms with Crippen LogP contribution in [0, 0.1) is 0 Å². The summed E-state index contributed by atoms with van der Waals surface area (Å²) in [6.07, 6.45) is 4.71. The molecule has 5 heteroatoms. The Morgan fingerprint density at radius 3 is 2.58 bits per heavy atom. The van der Waals surface area contributed by atoms with Gasteiger partial charge in [-0.1, -0.05) is 6.92 Å². The normalized spacial score (nSPS) is 12.5. The van der Waals surface area contributed by atoms with Crippen molar-refractivity contribution in [3.05, 3.63) is 12.4 Å². The van der Waals surface area contributed by atoms with Crippen LogP contribution in [0.3, 0.4) is 0 Å². The van der Waals surface area contributed by atoms with E-state index in [1.54, 1.807) is 6.20 Å². The van der Waals surface area contributed by atoms with Crippen molar-refractivity contribution in [2.45, 2.75) is 33.2 Å². The molecule has 0 aliphatic heterocycles. The van der Waals surface area contributed by atoms with E-state index in [1.165, 1.54) is 0 Å². The third kappa shape index (κ3) is 5.03. The van der Waals surface area contributed by atoms with Crippen molar-refractivity contribution in [1.29, 1.82) is 0 Å². The van der Waals surface area contributed by atoms with Gasteiger partial charge in [-0.2, -0.15) is 0 Å². The monoisotopic (exact) mass is 265 g/mol. The fourth-order valence-electron chi connectivity index (χ4n) is 2.16. The molecule has 0 saturated carbocycles. The van der Waals surface area contributed by atoms with Crippen LogP contribution in [0.1, 0.15) is 27.2 Å². The summed E-state index contributed by atoms with van der Waals surface area (Å²) in [6, 6.07) is 0.413. The average molecular weight is 265 g/mol. The average Bonchev–Trinajstić information content (AvgIpc) is 2.37. The van der Waals surface area contributed by atoms with E-state index in [9.17, 15) is 0 Å². The van der Waals surface area contributed by atoms with Gasteiger partial charge in [0.05, 0.1) is 12.4 Å². The maximum absolute atomic E-state index is 4.64. The molecule has 0 aliphatic rings. The summed E-state index contributed by atoms with van der Waals surface area (Å²) in [7, 11) is 4.19. The summed E-state index contributed by atoms with van der Waals surface area (Å²) >= 11 is 0. The minimum absolute atomic E-state index is 0.413. The van der Waals surface area contributed by atoms with Crippen molar-refractivity contribution < 1.29 is 0 Å². The van der Waals surface area contributed by atoms with Crippen molar-refractivity contribution in [2.24, 2.45) is 0 Å². The molecule has 5 nitrogen and oxygen atoms in total. The van der Waals surface area contributed by atoms with Gasteiger partial charge in [0.2, 0.25) is 0 Å². The summed E-state index contributed by atoms with van der Waals surface area (Å²) < 4.78 is 0. The minimum Gasteiger partial charge on any atom is -0.369 e. The van der Waals surface area contributed by atoms with Crippen molar-refractivity contribution in [3.63, 3.8) is 0 Å². The van der Waals surface area contributed by atoms with Gasteiger partial charge >= 0.3 is 0 Å². The van der Waals surface area contributed by atoms with Gasteiger partial charge in [0, 0.05) is 25.7 Å². The fourth-order valence-corrected chi connectivity index (χ4v) is 2.16. The number of hydrogen-bond acceptors (Lipinski definition) is 5. The molecule has 0 fully saturated rings. The lowest BCUT2D eigenvalue weighted by atomic mass is 10.2. The standard InChI is InChI=1S/C14H27N5/c1-6-8-16-13-9-15-10-14(17-13)19(7-2)12(3)11-18(4)5/h9-10,12H,6-8,11H2,1-5H3,(H,16,17). The molecule has 0 radical (unpaired) electrons. The van der Waals surface area contributed by atoms with Crippen molar-refractivity contribution >= 4 is 11.6 Å². The first kappa shape index (κ1) is 15.7. The van der Waals surface area contributed by atoms with E-state index >= 15 is 0 Å². The Morgan fingerprint density at radius 1 is 1.26 bits per heavy atom. The lowest BCUT2D eigenvalue weighted by Crippen LogP contribution is -2.40. The third-order valence-corrected chi connectivity index (χ3v) is 2.97. The lowest BCUT2D eigenvalue weighted by molar-refractivity contribution is 0.372. The quantitative estimate of drug-likeness (QED) is 0.779. The molecule has 0 saturated heterocycles. The largest absolute Gasteiger partial charge is 0.369 e. The minimum atomic E-state index is 0.413. The number of aromatic nitrogens is 2. The van der Waals surface area contributed by atoms with Gasteiger partial charge in [0.1, 0.15) is 11.6 Å². The highest BCUT2D eigenvalue weighted by atomic mass is 15.3. The Bertz CT molecular complexity index is 367. The van der Waals surface area contributed by atoms with Crippen LogP contribution >= 0.6 is 0 Å². The van der Waals surface area contributed by atoms with Crippen molar-refractivity contribution in [1.82, 2.24) is 14.9 Å². The number of nitrogens with one attached hydrogen (secondary N) is 1. The van der Waals surface area contributed by atoms with E-state index in [-0.39, 0.29) is 0 Å². The maximum Gasteiger partial charge on any atom is 0.149 e. The van der Waals surface area contributed by atoms with Crippen molar-refractivity contribution in [2.75, 3.05) is 43.9 Å². The number of likely N-dealkylation sites (N-methyl/N-ethyl adjacent to an activating group) is 2. The first-order chi connectivity index (χ1) is 9.08. The first-order valence-electron chi connectivity index (χ1n) is 7.05. The molecule has 0 aromatic carbocycles. The van der Waals surface area contributed by atoms with E-state index in [1.807, 2.05) is 6.20 Å². The molecule has 19 heavy (non-hydrogen) atoms. The maximum atomic E-state index is 4.64. The Balaban J connectivity index is 2.79. The zero-order chi connectivity index (χ0) is 14.3. The summed E-state index contributed by atoms with van der Waals surface area (Å²) in [5.41, 5.74) is 0. The van der Waals surface area contributed by atoms with Crippen LogP contribution in [0.4, 0.5) is 11.6 Å². The second-order valence-corrected chi connectivity index (χ2v) is 5.09. The molecule has 108 valence electrons. The summed E-state index contributed by atoms with van der Waals surface area (Å²) in [4.78, 5) is 13.4. The number of hydrogen-bond donors (Lipinski definition) is 1. The predicted octanol–water partition coefficient (Wildman–Crippen LogP) is 2.07. The summed E-state index contributed by atoms with van der Waals surface area (Å²) in [5, 5.41) is 3.28. The van der Waals surface area contributed by atoms with E-state index in [2.05, 4.69) is 60.0 Å². The topological polar surface area (TPSA) is 44.3 Å². The smallest absolute Gasteiger partial charge is 0.149 e. The van der Waals surface area contributed by atoms with Crippen LogP contribution in [-0.4, -0.2) is 54.6 Å². The van der Waals surface area contributed by atoms with Crippen LogP contribution in [0.15, 0.2) is 12.4 Å². The highest BCUT2D eigenvalue weighted by Crippen LogP contribution is 2.15. The summed E-state index contributed by atoms with van der Waals surface area (Å²) in [6.45, 7) is 9.37. The van der Waals surface area contributed by atoms with Crippen LogP contribution < -0.4 is 10.2 Å². The number of anilines is 2. The highest BCUT2D eigenvalue weighted by molar-refractivity contribution is 5.44. The molecule has 1 N–H and O–H groups in total. The van der Waals surface area contributed by atoms with Gasteiger partial charge < -0.3 is 15.1 Å². The van der Waals surface area contributed by atoms with Gasteiger partial charge in [-0.25, -0.2) is 4.98 Å². The number of rotatable bonds is 8. The first-order valence-corrected chi connectivity index (χ1v) is 7.05. The molecule has 0 aliphatic carbocycles. The van der Waals surface area contributed by atoms with Crippen LogP contribution in [-0.2, 0) is 0 Å². The van der Waals surface area contributed by atoms with E-state index in [0.717, 1.165) is 37.7 Å². The second kappa shape index (κ2) is 7.94. The highest BCUT2D eigenvalue weighted by Gasteiger charge is 2.15. The molecular formula is C14H27N5. The SMILES string of the molecule is CCCNc1cncc(N(CC)C(C)CN(C)C)n1. The molecule has 0 bridgehead atoms.